The van der Waals surface area contributed by atoms with Crippen LogP contribution in [0.2, 0.25) is 0 Å². The third-order valence-electron chi connectivity index (χ3n) is 0. The van der Waals surface area contributed by atoms with Crippen LogP contribution in [0.3, 0.4) is 0 Å². The molecule has 0 spiro atoms. The smallest absolute Gasteiger partial charge is 0.323 e. The predicted molar refractivity (Wildman–Crippen MR) is 46.3 cm³/mol. The molecular weight excluding hydrogens is 180 g/mol. The van der Waals surface area contributed by atoms with Gasteiger partial charge in [0.25, 0.3) is 0 Å². The van der Waals surface area contributed by atoms with Crippen molar-refractivity contribution in [1.82, 2.24) is 0 Å². The first-order valence-corrected chi connectivity index (χ1v) is 1.50. The van der Waals surface area contributed by atoms with Gasteiger partial charge in [-0.15, -0.1) is 17.0 Å². The number of hydrogen-bond acceptors (Lipinski definition) is 0. The number of rotatable bonds is 0. The van der Waals surface area contributed by atoms with Crippen LogP contribution in [0.1, 0.15) is 20.8 Å². The largest absolute Gasteiger partial charge is 2.00 e. The summed E-state index contributed by atoms with van der Waals surface area (Å²) in [6.07, 6.45) is 0. The van der Waals surface area contributed by atoms with E-state index in [1.807, 2.05) is 0 Å². The van der Waals surface area contributed by atoms with Crippen LogP contribution in [0.15, 0.2) is 0 Å². The molecule has 0 rings (SSSR count). The fourth-order valence-electron chi connectivity index (χ4n) is 0. The molecule has 0 saturated carbocycles. The van der Waals surface area contributed by atoms with E-state index in [0.29, 0.717) is 0 Å². The summed E-state index contributed by atoms with van der Waals surface area (Å²) in [7, 11) is 0. The van der Waals surface area contributed by atoms with E-state index in [4.69, 9.17) is 0 Å². The molecule has 0 radical (unpaired) electrons. The van der Waals surface area contributed by atoms with Crippen molar-refractivity contribution in [1.29, 1.82) is 0 Å². The van der Waals surface area contributed by atoms with Gasteiger partial charge in [-0.05, 0) is 0 Å². The average Bonchev–Trinajstić information content (AvgIpc) is 0.811. The second-order valence-electron chi connectivity index (χ2n) is 1.50. The van der Waals surface area contributed by atoms with E-state index in [-0.39, 0.29) is 51.0 Å². The molecule has 0 heterocycles. The van der Waals surface area contributed by atoms with Crippen LogP contribution in [0.4, 0.5) is 0 Å². The molecule has 0 aliphatic rings. The standard InChI is InChI=1S/C4H9.BrH.Mg.H3Si/c1-4(2)3;;;/h1-3H3;1H;;1H3/q-1;;+2;-1. The first-order valence-electron chi connectivity index (χ1n) is 1.50. The molecule has 3 heteroatoms. The van der Waals surface area contributed by atoms with Crippen LogP contribution in [0.5, 0.6) is 0 Å². The summed E-state index contributed by atoms with van der Waals surface area (Å²) >= 11 is 0. The molecule has 0 fully saturated rings. The van der Waals surface area contributed by atoms with Gasteiger partial charge in [-0.25, -0.2) is 0 Å². The first kappa shape index (κ1) is 23.7. The average molecular weight is 193 g/mol. The summed E-state index contributed by atoms with van der Waals surface area (Å²) in [4.78, 5) is 0. The van der Waals surface area contributed by atoms with Gasteiger partial charge in [0.05, 0.1) is 0 Å². The van der Waals surface area contributed by atoms with Crippen LogP contribution in [-0.4, -0.2) is 34.0 Å². The SMILES string of the molecule is Br.C[C-](C)C.[Mg+2].[SiH3-]. The third kappa shape index (κ3) is 104. The zero-order valence-electron chi connectivity index (χ0n) is 5.62. The van der Waals surface area contributed by atoms with Crippen molar-refractivity contribution in [2.75, 3.05) is 0 Å². The molecule has 7 heavy (non-hydrogen) atoms. The first-order chi connectivity index (χ1) is 1.73. The molecule has 0 nitrogen and oxygen atoms in total. The molecule has 0 unspecified atom stereocenters. The van der Waals surface area contributed by atoms with Crippen LogP contribution in [-0.2, 0) is 0 Å². The minimum atomic E-state index is 0. The van der Waals surface area contributed by atoms with E-state index in [9.17, 15) is 0 Å². The Balaban J connectivity index is -0.0000000150. The zero-order chi connectivity index (χ0) is 3.58. The third-order valence-corrected chi connectivity index (χ3v) is 0. The van der Waals surface area contributed by atoms with Gasteiger partial charge >= 0.3 is 23.1 Å². The molecule has 0 amide bonds. The summed E-state index contributed by atoms with van der Waals surface area (Å²) in [5.41, 5.74) is 0. The summed E-state index contributed by atoms with van der Waals surface area (Å²) < 4.78 is 0. The predicted octanol–water partition coefficient (Wildman–Crippen LogP) is 0.634. The molecule has 0 aromatic carbocycles. The van der Waals surface area contributed by atoms with Gasteiger partial charge in [0, 0.05) is 0 Å². The molecule has 0 aliphatic heterocycles. The maximum Gasteiger partial charge on any atom is 2.00 e. The van der Waals surface area contributed by atoms with Gasteiger partial charge < -0.3 is 16.9 Å². The molecule has 0 aliphatic carbocycles. The van der Waals surface area contributed by atoms with Crippen molar-refractivity contribution in [2.24, 2.45) is 0 Å². The molecule has 0 atom stereocenters. The maximum atomic E-state index is 2.08. The van der Waals surface area contributed by atoms with Crippen LogP contribution in [0, 0.1) is 5.92 Å². The topological polar surface area (TPSA) is 0 Å². The van der Waals surface area contributed by atoms with E-state index in [1.165, 1.54) is 5.92 Å². The molecule has 0 aromatic heterocycles. The second kappa shape index (κ2) is 15.7. The number of hydrogen-bond donors (Lipinski definition) is 0. The van der Waals surface area contributed by atoms with Crippen molar-refractivity contribution in [3.05, 3.63) is 5.92 Å². The van der Waals surface area contributed by atoms with Crippen molar-refractivity contribution < 1.29 is 0 Å². The molecule has 0 N–H and O–H groups in total. The maximum absolute atomic E-state index is 2.08. The van der Waals surface area contributed by atoms with Gasteiger partial charge in [0.15, 0.2) is 0 Å². The Morgan fingerprint density at radius 1 is 1.00 bits per heavy atom. The van der Waals surface area contributed by atoms with Crippen LogP contribution < -0.4 is 0 Å². The normalized spacial score (nSPS) is 5.14. The van der Waals surface area contributed by atoms with E-state index in [1.54, 1.807) is 0 Å². The van der Waals surface area contributed by atoms with Crippen LogP contribution >= 0.6 is 17.0 Å². The van der Waals surface area contributed by atoms with Crippen molar-refractivity contribution >= 4 is 51.0 Å². The van der Waals surface area contributed by atoms with Gasteiger partial charge in [-0.1, -0.05) is 0 Å². The Hall–Kier alpha value is 1.46. The van der Waals surface area contributed by atoms with E-state index in [0.717, 1.165) is 0 Å². The molecular formula is C4H13BrMgSi. The summed E-state index contributed by atoms with van der Waals surface area (Å²) in [5, 5.41) is 0. The molecule has 42 valence electrons. The van der Waals surface area contributed by atoms with Gasteiger partial charge in [-0.3, -0.25) is 0 Å². The fourth-order valence-corrected chi connectivity index (χ4v) is 0. The zero-order valence-corrected chi connectivity index (χ0v) is 10.7. The quantitative estimate of drug-likeness (QED) is 0.391. The van der Waals surface area contributed by atoms with Crippen molar-refractivity contribution in [3.63, 3.8) is 0 Å². The summed E-state index contributed by atoms with van der Waals surface area (Å²) in [6.45, 7) is 6.25. The number of halogens is 1. The molecule has 0 bridgehead atoms. The minimum absolute atomic E-state index is 0. The summed E-state index contributed by atoms with van der Waals surface area (Å²) in [5.74, 6) is 1.42. The van der Waals surface area contributed by atoms with Gasteiger partial charge in [-0.2, -0.15) is 20.8 Å². The van der Waals surface area contributed by atoms with Crippen LogP contribution in [0.25, 0.3) is 0 Å². The Morgan fingerprint density at radius 2 is 1.00 bits per heavy atom. The Kier molecular flexibility index (Phi) is 52.9. The Bertz CT molecular complexity index is 16.4. The van der Waals surface area contributed by atoms with E-state index >= 15 is 0 Å². The summed E-state index contributed by atoms with van der Waals surface area (Å²) in [6, 6.07) is 0. The Labute approximate surface area is 77.4 Å². The monoisotopic (exact) mass is 192 g/mol. The molecule has 0 saturated heterocycles. The molecule has 0 aromatic rings. The van der Waals surface area contributed by atoms with Crippen molar-refractivity contribution in [3.8, 4) is 0 Å². The van der Waals surface area contributed by atoms with Gasteiger partial charge in [0.1, 0.15) is 0 Å². The van der Waals surface area contributed by atoms with Gasteiger partial charge in [0.2, 0.25) is 0 Å². The van der Waals surface area contributed by atoms with E-state index in [2.05, 4.69) is 20.8 Å². The Morgan fingerprint density at radius 3 is 1.00 bits per heavy atom. The minimum Gasteiger partial charge on any atom is -0.323 e. The van der Waals surface area contributed by atoms with E-state index < -0.39 is 0 Å². The fraction of sp³-hybridized carbons (Fsp3) is 0.750. The van der Waals surface area contributed by atoms with Crippen molar-refractivity contribution in [2.45, 2.75) is 20.8 Å². The second-order valence-corrected chi connectivity index (χ2v) is 1.50.